The van der Waals surface area contributed by atoms with Crippen molar-refractivity contribution in [1.29, 1.82) is 0 Å². The summed E-state index contributed by atoms with van der Waals surface area (Å²) in [6.45, 7) is 15.3. The van der Waals surface area contributed by atoms with E-state index in [1.807, 2.05) is 20.8 Å². The van der Waals surface area contributed by atoms with Crippen molar-refractivity contribution in [3.8, 4) is 0 Å². The molecule has 0 saturated carbocycles. The van der Waals surface area contributed by atoms with Crippen LogP contribution in [-0.4, -0.2) is 100 Å². The van der Waals surface area contributed by atoms with E-state index in [2.05, 4.69) is 11.9 Å². The molecular formula is C22H43NO10Si. The molecule has 0 heterocycles. The lowest BCUT2D eigenvalue weighted by Crippen LogP contribution is -2.46. The highest BCUT2D eigenvalue weighted by molar-refractivity contribution is 6.60. The van der Waals surface area contributed by atoms with E-state index in [-0.39, 0.29) is 19.8 Å². The summed E-state index contributed by atoms with van der Waals surface area (Å²) in [4.78, 5) is 22.9. The zero-order valence-electron chi connectivity index (χ0n) is 21.2. The zero-order chi connectivity index (χ0) is 25.5. The lowest BCUT2D eigenvalue weighted by Gasteiger charge is -2.28. The Labute approximate surface area is 204 Å². The molecule has 11 nitrogen and oxygen atoms in total. The lowest BCUT2D eigenvalue weighted by molar-refractivity contribution is -0.140. The minimum Gasteiger partial charge on any atom is -0.460 e. The molecule has 0 fully saturated rings. The van der Waals surface area contributed by atoms with Crippen molar-refractivity contribution in [2.45, 2.75) is 40.2 Å². The van der Waals surface area contributed by atoms with Crippen LogP contribution in [0.25, 0.3) is 0 Å². The quantitative estimate of drug-likeness (QED) is 0.0951. The van der Waals surface area contributed by atoms with Gasteiger partial charge < -0.3 is 42.3 Å². The molecule has 0 rings (SSSR count). The van der Waals surface area contributed by atoms with Crippen molar-refractivity contribution in [1.82, 2.24) is 5.32 Å². The summed E-state index contributed by atoms with van der Waals surface area (Å²) < 4.78 is 43.3. The highest BCUT2D eigenvalue weighted by Gasteiger charge is 2.39. The van der Waals surface area contributed by atoms with Crippen LogP contribution in [0.4, 0.5) is 4.79 Å². The molecule has 0 spiro atoms. The number of nitrogens with one attached hydrogen (secondary N) is 1. The summed E-state index contributed by atoms with van der Waals surface area (Å²) in [5.41, 5.74) is 0.357. The van der Waals surface area contributed by atoms with E-state index < -0.39 is 20.9 Å². The number of rotatable bonds is 23. The molecule has 12 heteroatoms. The van der Waals surface area contributed by atoms with Gasteiger partial charge in [-0.25, -0.2) is 9.59 Å². The highest BCUT2D eigenvalue weighted by atomic mass is 28.4. The van der Waals surface area contributed by atoms with Gasteiger partial charge in [0.05, 0.1) is 39.6 Å². The smallest absolute Gasteiger partial charge is 0.460 e. The number of carbonyl (C=O) groups is 2. The maximum absolute atomic E-state index is 11.8. The van der Waals surface area contributed by atoms with Crippen LogP contribution in [0.5, 0.6) is 0 Å². The van der Waals surface area contributed by atoms with Gasteiger partial charge in [0, 0.05) is 38.0 Å². The average Bonchev–Trinajstić information content (AvgIpc) is 2.80. The fraction of sp³-hybridized carbons (Fsp3) is 0.818. The van der Waals surface area contributed by atoms with E-state index in [1.54, 1.807) is 6.92 Å². The summed E-state index contributed by atoms with van der Waals surface area (Å²) in [6, 6.07) is 0.624. The topological polar surface area (TPSA) is 120 Å². The Kier molecular flexibility index (Phi) is 21.0. The monoisotopic (exact) mass is 509 g/mol. The van der Waals surface area contributed by atoms with Crippen molar-refractivity contribution in [2.24, 2.45) is 0 Å². The molecule has 0 atom stereocenters. The van der Waals surface area contributed by atoms with Gasteiger partial charge in [-0.1, -0.05) is 6.58 Å². The second-order valence-corrected chi connectivity index (χ2v) is 9.63. The molecule has 1 amide bonds. The van der Waals surface area contributed by atoms with E-state index in [1.165, 1.54) is 0 Å². The highest BCUT2D eigenvalue weighted by Crippen LogP contribution is 2.17. The van der Waals surface area contributed by atoms with E-state index in [4.69, 9.17) is 37.0 Å². The molecule has 0 aliphatic rings. The molecule has 0 bridgehead atoms. The molecular weight excluding hydrogens is 466 g/mol. The van der Waals surface area contributed by atoms with Gasteiger partial charge in [-0.05, 0) is 34.1 Å². The van der Waals surface area contributed by atoms with Crippen LogP contribution in [0, 0.1) is 0 Å². The van der Waals surface area contributed by atoms with E-state index >= 15 is 0 Å². The van der Waals surface area contributed by atoms with Crippen molar-refractivity contribution in [3.63, 3.8) is 0 Å². The van der Waals surface area contributed by atoms with Gasteiger partial charge in [0.2, 0.25) is 0 Å². The minimum atomic E-state index is -2.69. The second-order valence-electron chi connectivity index (χ2n) is 6.90. The average molecular weight is 510 g/mol. The largest absolute Gasteiger partial charge is 0.500 e. The summed E-state index contributed by atoms with van der Waals surface area (Å²) in [5, 5.41) is 2.70. The predicted molar refractivity (Wildman–Crippen MR) is 128 cm³/mol. The molecule has 200 valence electrons. The number of amides is 1. The SMILES string of the molecule is C=C(C)C(=O)OCCOCCOCCOCCOC(=O)NCCC[Si](OCC)(OCC)OCC. The van der Waals surface area contributed by atoms with Crippen LogP contribution in [0.1, 0.15) is 34.1 Å². The first kappa shape index (κ1) is 32.5. The number of alkyl carbamates (subject to hydrolysis) is 1. The van der Waals surface area contributed by atoms with Crippen LogP contribution < -0.4 is 5.32 Å². The molecule has 34 heavy (non-hydrogen) atoms. The normalized spacial score (nSPS) is 11.3. The van der Waals surface area contributed by atoms with Crippen LogP contribution in [0.3, 0.4) is 0 Å². The molecule has 0 aliphatic heterocycles. The maximum Gasteiger partial charge on any atom is 0.500 e. The predicted octanol–water partition coefficient (Wildman–Crippen LogP) is 2.32. The summed E-state index contributed by atoms with van der Waals surface area (Å²) >= 11 is 0. The molecule has 1 N–H and O–H groups in total. The lowest BCUT2D eigenvalue weighted by atomic mass is 10.4. The molecule has 0 unspecified atom stereocenters. The van der Waals surface area contributed by atoms with E-state index in [0.717, 1.165) is 0 Å². The van der Waals surface area contributed by atoms with Gasteiger partial charge in [-0.15, -0.1) is 0 Å². The molecule has 0 saturated heterocycles. The van der Waals surface area contributed by atoms with E-state index in [9.17, 15) is 9.59 Å². The molecule has 0 radical (unpaired) electrons. The molecule has 0 aliphatic carbocycles. The van der Waals surface area contributed by atoms with Gasteiger partial charge in [0.15, 0.2) is 0 Å². The van der Waals surface area contributed by atoms with Crippen LogP contribution >= 0.6 is 0 Å². The van der Waals surface area contributed by atoms with Crippen LogP contribution in [0.2, 0.25) is 6.04 Å². The van der Waals surface area contributed by atoms with Crippen molar-refractivity contribution in [2.75, 3.05) is 79.2 Å². The van der Waals surface area contributed by atoms with E-state index in [0.29, 0.717) is 77.4 Å². The number of hydrogen-bond donors (Lipinski definition) is 1. The summed E-state index contributed by atoms with van der Waals surface area (Å²) in [7, 11) is -2.69. The summed E-state index contributed by atoms with van der Waals surface area (Å²) in [5.74, 6) is -0.427. The Morgan fingerprint density at radius 1 is 0.735 bits per heavy atom. The fourth-order valence-electron chi connectivity index (χ4n) is 2.60. The molecule has 0 aromatic rings. The Morgan fingerprint density at radius 3 is 1.62 bits per heavy atom. The Hall–Kier alpha value is -1.54. The van der Waals surface area contributed by atoms with Crippen molar-refractivity contribution < 1.29 is 46.6 Å². The Morgan fingerprint density at radius 2 is 1.18 bits per heavy atom. The fourth-order valence-corrected chi connectivity index (χ4v) is 5.21. The first-order valence-corrected chi connectivity index (χ1v) is 13.7. The van der Waals surface area contributed by atoms with Crippen LogP contribution in [0.15, 0.2) is 12.2 Å². The van der Waals surface area contributed by atoms with Crippen molar-refractivity contribution >= 4 is 20.9 Å². The third kappa shape index (κ3) is 17.9. The van der Waals surface area contributed by atoms with Gasteiger partial charge in [0.25, 0.3) is 0 Å². The number of ether oxygens (including phenoxy) is 5. The maximum atomic E-state index is 11.8. The third-order valence-corrected chi connectivity index (χ3v) is 7.19. The number of esters is 1. The summed E-state index contributed by atoms with van der Waals surface area (Å²) in [6.07, 6.45) is 0.167. The third-order valence-electron chi connectivity index (χ3n) is 4.04. The first-order valence-electron chi connectivity index (χ1n) is 11.8. The minimum absolute atomic E-state index is 0.146. The second kappa shape index (κ2) is 22.0. The zero-order valence-corrected chi connectivity index (χ0v) is 22.2. The number of hydrogen-bond acceptors (Lipinski definition) is 10. The van der Waals surface area contributed by atoms with Crippen LogP contribution in [-0.2, 0) is 41.8 Å². The van der Waals surface area contributed by atoms with Crippen molar-refractivity contribution in [3.05, 3.63) is 12.2 Å². The van der Waals surface area contributed by atoms with Gasteiger partial charge in [-0.2, -0.15) is 0 Å². The Bertz CT molecular complexity index is 533. The number of carbonyl (C=O) groups excluding carboxylic acids is 2. The standard InChI is InChI=1S/C22H43NO10Si/c1-6-31-34(32-7-2,33-8-3)19-9-10-23-22(25)30-18-16-28-14-12-26-11-13-27-15-17-29-21(24)20(4)5/h4,6-19H2,1-3,5H3,(H,23,25). The van der Waals surface area contributed by atoms with Gasteiger partial charge in [-0.3, -0.25) is 0 Å². The molecule has 0 aromatic carbocycles. The molecule has 0 aromatic heterocycles. The van der Waals surface area contributed by atoms with Gasteiger partial charge >= 0.3 is 20.9 Å². The Balaban J connectivity index is 3.59. The first-order chi connectivity index (χ1) is 16.4. The van der Waals surface area contributed by atoms with Gasteiger partial charge in [0.1, 0.15) is 13.2 Å².